The van der Waals surface area contributed by atoms with E-state index in [1.165, 1.54) is 6.92 Å². The lowest BCUT2D eigenvalue weighted by molar-refractivity contribution is -0.132. The van der Waals surface area contributed by atoms with Gasteiger partial charge in [-0.05, 0) is 6.92 Å². The zero-order chi connectivity index (χ0) is 13.0. The van der Waals surface area contributed by atoms with Gasteiger partial charge in [0.15, 0.2) is 5.92 Å². The van der Waals surface area contributed by atoms with Crippen molar-refractivity contribution in [2.24, 2.45) is 11.0 Å². The van der Waals surface area contributed by atoms with Gasteiger partial charge in [-0.2, -0.15) is 5.10 Å². The number of nitrogens with zero attached hydrogens (tertiary/aromatic N) is 1. The highest BCUT2D eigenvalue weighted by molar-refractivity contribution is 6.27. The average Bonchev–Trinajstić information content (AvgIpc) is 2.24. The van der Waals surface area contributed by atoms with Crippen molar-refractivity contribution in [3.63, 3.8) is 0 Å². The van der Waals surface area contributed by atoms with Crippen molar-refractivity contribution in [3.8, 4) is 0 Å². The van der Waals surface area contributed by atoms with Gasteiger partial charge in [0.1, 0.15) is 0 Å². The summed E-state index contributed by atoms with van der Waals surface area (Å²) in [6.45, 7) is 1.36. The zero-order valence-electron chi connectivity index (χ0n) is 9.07. The first-order chi connectivity index (χ1) is 7.95. The van der Waals surface area contributed by atoms with Crippen molar-refractivity contribution in [2.45, 2.75) is 6.92 Å². The Kier molecular flexibility index (Phi) is 3.75. The molecule has 0 aromatic carbocycles. The van der Waals surface area contributed by atoms with Gasteiger partial charge in [-0.3, -0.25) is 20.2 Å². The molecule has 0 saturated carbocycles. The van der Waals surface area contributed by atoms with Crippen LogP contribution in [0.3, 0.4) is 0 Å². The fourth-order valence-electron chi connectivity index (χ4n) is 1.14. The number of carbonyl (C=O) groups is 4. The van der Waals surface area contributed by atoms with E-state index in [1.54, 1.807) is 0 Å². The number of ether oxygens (including phenoxy) is 1. The van der Waals surface area contributed by atoms with Gasteiger partial charge in [0.25, 0.3) is 0 Å². The fraction of sp³-hybridized carbons (Fsp3) is 0.375. The summed E-state index contributed by atoms with van der Waals surface area (Å²) in [5.41, 5.74) is 1.99. The van der Waals surface area contributed by atoms with Crippen LogP contribution in [-0.2, 0) is 14.3 Å². The predicted octanol–water partition coefficient (Wildman–Crippen LogP) is -1.30. The smallest absolute Gasteiger partial charge is 0.427 e. The van der Waals surface area contributed by atoms with Crippen molar-refractivity contribution < 1.29 is 23.9 Å². The summed E-state index contributed by atoms with van der Waals surface area (Å²) in [6, 6.07) is -0.884. The summed E-state index contributed by atoms with van der Waals surface area (Å²) in [5.74, 6) is -2.86. The number of hydrogen-bond acceptors (Lipinski definition) is 6. The quantitative estimate of drug-likeness (QED) is 0.315. The van der Waals surface area contributed by atoms with E-state index in [1.807, 2.05) is 16.1 Å². The van der Waals surface area contributed by atoms with Gasteiger partial charge in [-0.25, -0.2) is 15.0 Å². The molecule has 17 heavy (non-hydrogen) atoms. The highest BCUT2D eigenvalue weighted by atomic mass is 16.5. The van der Waals surface area contributed by atoms with Gasteiger partial charge < -0.3 is 4.74 Å². The maximum atomic E-state index is 11.4. The minimum absolute atomic E-state index is 0.0258. The lowest BCUT2D eigenvalue weighted by Gasteiger charge is -2.19. The largest absolute Gasteiger partial charge is 0.452 e. The third-order valence-corrected chi connectivity index (χ3v) is 1.92. The zero-order valence-corrected chi connectivity index (χ0v) is 9.07. The molecule has 9 heteroatoms. The number of urea groups is 1. The molecule has 92 valence electrons. The van der Waals surface area contributed by atoms with Crippen LogP contribution in [0, 0.1) is 5.92 Å². The Bertz CT molecular complexity index is 396. The minimum Gasteiger partial charge on any atom is -0.452 e. The number of hydrazone groups is 1. The Labute approximate surface area is 95.6 Å². The van der Waals surface area contributed by atoms with E-state index >= 15 is 0 Å². The summed E-state index contributed by atoms with van der Waals surface area (Å²) in [7, 11) is 1.14. The molecule has 3 N–H and O–H groups in total. The third kappa shape index (κ3) is 3.00. The van der Waals surface area contributed by atoms with Gasteiger partial charge in [-0.1, -0.05) is 0 Å². The SMILES string of the molecule is COC(=O)N/N=C(\C)C1C(=O)NC(=O)NC1=O. The van der Waals surface area contributed by atoms with E-state index in [0.29, 0.717) is 0 Å². The van der Waals surface area contributed by atoms with Crippen LogP contribution in [0.4, 0.5) is 9.59 Å². The van der Waals surface area contributed by atoms with Crippen LogP contribution in [-0.4, -0.2) is 36.8 Å². The molecule has 1 heterocycles. The molecule has 1 rings (SSSR count). The second kappa shape index (κ2) is 5.05. The molecule has 9 nitrogen and oxygen atoms in total. The number of amides is 5. The predicted molar refractivity (Wildman–Crippen MR) is 53.8 cm³/mol. The Morgan fingerprint density at radius 2 is 1.82 bits per heavy atom. The number of methoxy groups -OCH3 is 1. The molecule has 1 fully saturated rings. The molecule has 0 bridgehead atoms. The molecule has 5 amide bonds. The van der Waals surface area contributed by atoms with Gasteiger partial charge in [0.05, 0.1) is 12.8 Å². The second-order valence-corrected chi connectivity index (χ2v) is 3.10. The molecular weight excluding hydrogens is 232 g/mol. The Morgan fingerprint density at radius 3 is 2.29 bits per heavy atom. The standard InChI is InChI=1S/C8H10N4O5/c1-3(11-12-8(16)17-2)4-5(13)9-7(15)10-6(4)14/h4H,1-2H3,(H,12,16)(H2,9,10,13,14,15)/b11-3+. The van der Waals surface area contributed by atoms with Gasteiger partial charge in [-0.15, -0.1) is 0 Å². The normalized spacial score (nSPS) is 17.3. The molecule has 0 aliphatic carbocycles. The van der Waals surface area contributed by atoms with Crippen LogP contribution >= 0.6 is 0 Å². The van der Waals surface area contributed by atoms with E-state index in [0.717, 1.165) is 7.11 Å². The highest BCUT2D eigenvalue weighted by Crippen LogP contribution is 2.04. The molecule has 0 spiro atoms. The molecular formula is C8H10N4O5. The van der Waals surface area contributed by atoms with Crippen LogP contribution in [0.2, 0.25) is 0 Å². The maximum absolute atomic E-state index is 11.4. The van der Waals surface area contributed by atoms with Crippen molar-refractivity contribution in [2.75, 3.05) is 7.11 Å². The van der Waals surface area contributed by atoms with Crippen LogP contribution in [0.25, 0.3) is 0 Å². The monoisotopic (exact) mass is 242 g/mol. The first-order valence-electron chi connectivity index (χ1n) is 4.49. The summed E-state index contributed by atoms with van der Waals surface area (Å²) < 4.78 is 4.25. The molecule has 0 aromatic heterocycles. The molecule has 0 atom stereocenters. The van der Waals surface area contributed by atoms with E-state index in [2.05, 4.69) is 9.84 Å². The Morgan fingerprint density at radius 1 is 1.29 bits per heavy atom. The second-order valence-electron chi connectivity index (χ2n) is 3.10. The maximum Gasteiger partial charge on any atom is 0.427 e. The number of hydrogen-bond donors (Lipinski definition) is 3. The van der Waals surface area contributed by atoms with Gasteiger partial charge >= 0.3 is 12.1 Å². The first kappa shape index (κ1) is 12.6. The van der Waals surface area contributed by atoms with Crippen LogP contribution in [0.5, 0.6) is 0 Å². The summed E-state index contributed by atoms with van der Waals surface area (Å²) in [5, 5.41) is 7.32. The van der Waals surface area contributed by atoms with Crippen LogP contribution in [0.1, 0.15) is 6.92 Å². The Hall–Kier alpha value is -2.45. The van der Waals surface area contributed by atoms with E-state index in [-0.39, 0.29) is 5.71 Å². The number of barbiturate groups is 1. The molecule has 0 aromatic rings. The summed E-state index contributed by atoms with van der Waals surface area (Å²) in [4.78, 5) is 44.2. The molecule has 0 radical (unpaired) electrons. The van der Waals surface area contributed by atoms with Crippen molar-refractivity contribution in [1.29, 1.82) is 0 Å². The summed E-state index contributed by atoms with van der Waals surface area (Å²) in [6.07, 6.45) is -0.836. The van der Waals surface area contributed by atoms with Gasteiger partial charge in [0, 0.05) is 0 Å². The number of rotatable bonds is 2. The van der Waals surface area contributed by atoms with Crippen molar-refractivity contribution in [3.05, 3.63) is 0 Å². The van der Waals surface area contributed by atoms with Crippen LogP contribution in [0.15, 0.2) is 5.10 Å². The lowest BCUT2D eigenvalue weighted by Crippen LogP contribution is -2.57. The van der Waals surface area contributed by atoms with Crippen molar-refractivity contribution >= 4 is 29.7 Å². The number of carbonyl (C=O) groups excluding carboxylic acids is 4. The molecule has 0 unspecified atom stereocenters. The van der Waals surface area contributed by atoms with Crippen molar-refractivity contribution in [1.82, 2.24) is 16.1 Å². The number of imide groups is 2. The van der Waals surface area contributed by atoms with E-state index < -0.39 is 29.9 Å². The molecule has 1 aliphatic rings. The molecule has 1 saturated heterocycles. The van der Waals surface area contributed by atoms with E-state index in [9.17, 15) is 19.2 Å². The minimum atomic E-state index is -1.26. The van der Waals surface area contributed by atoms with Gasteiger partial charge in [0.2, 0.25) is 11.8 Å². The highest BCUT2D eigenvalue weighted by Gasteiger charge is 2.36. The Balaban J connectivity index is 2.77. The first-order valence-corrected chi connectivity index (χ1v) is 4.49. The average molecular weight is 242 g/mol. The van der Waals surface area contributed by atoms with E-state index in [4.69, 9.17) is 0 Å². The number of nitrogens with one attached hydrogen (secondary N) is 3. The van der Waals surface area contributed by atoms with Crippen LogP contribution < -0.4 is 16.1 Å². The summed E-state index contributed by atoms with van der Waals surface area (Å²) >= 11 is 0. The lowest BCUT2D eigenvalue weighted by atomic mass is 10.0. The topological polar surface area (TPSA) is 126 Å². The third-order valence-electron chi connectivity index (χ3n) is 1.92. The molecule has 1 aliphatic heterocycles. The fourth-order valence-corrected chi connectivity index (χ4v) is 1.14.